The van der Waals surface area contributed by atoms with E-state index in [-0.39, 0.29) is 53.2 Å². The number of hydrogen-bond donors (Lipinski definition) is 1. The quantitative estimate of drug-likeness (QED) is 0.192. The van der Waals surface area contributed by atoms with Gasteiger partial charge in [-0.1, -0.05) is 44.5 Å². The average molecular weight is 705 g/mol. The van der Waals surface area contributed by atoms with Crippen molar-refractivity contribution < 1.29 is 31.5 Å². The minimum atomic E-state index is -3.58. The molecular weight excluding hydrogens is 663 g/mol. The lowest BCUT2D eigenvalue weighted by Crippen LogP contribution is -2.29. The van der Waals surface area contributed by atoms with E-state index >= 15 is 8.78 Å². The fourth-order valence-corrected chi connectivity index (χ4v) is 9.01. The maximum atomic E-state index is 15.7. The van der Waals surface area contributed by atoms with Crippen molar-refractivity contribution in [2.24, 2.45) is 12.5 Å². The van der Waals surface area contributed by atoms with E-state index in [1.165, 1.54) is 36.1 Å². The third-order valence-corrected chi connectivity index (χ3v) is 11.8. The van der Waals surface area contributed by atoms with E-state index in [1.54, 1.807) is 19.3 Å². The van der Waals surface area contributed by atoms with Crippen LogP contribution >= 0.6 is 0 Å². The molecule has 1 aliphatic heterocycles. The molecule has 1 unspecified atom stereocenters. The summed E-state index contributed by atoms with van der Waals surface area (Å²) in [5, 5.41) is 5.47. The number of sulfone groups is 1. The van der Waals surface area contributed by atoms with Gasteiger partial charge < -0.3 is 14.5 Å². The molecule has 1 aliphatic rings. The summed E-state index contributed by atoms with van der Waals surface area (Å²) in [6.07, 6.45) is 4.23. The Hall–Kier alpha value is -4.58. The van der Waals surface area contributed by atoms with Crippen molar-refractivity contribution in [3.63, 3.8) is 0 Å². The van der Waals surface area contributed by atoms with Crippen LogP contribution in [-0.2, 0) is 44.7 Å². The summed E-state index contributed by atoms with van der Waals surface area (Å²) in [6.45, 7) is 5.92. The Morgan fingerprint density at radius 1 is 1.06 bits per heavy atom. The van der Waals surface area contributed by atoms with E-state index in [2.05, 4.69) is 4.98 Å². The molecule has 0 fully saturated rings. The first-order valence-electron chi connectivity index (χ1n) is 16.7. The molecule has 3 heterocycles. The molecule has 0 spiro atoms. The van der Waals surface area contributed by atoms with Gasteiger partial charge in [0.1, 0.15) is 11.6 Å². The Balaban J connectivity index is 1.48. The number of H-pyrrole nitrogens is 1. The second-order valence-corrected chi connectivity index (χ2v) is 16.4. The van der Waals surface area contributed by atoms with Crippen molar-refractivity contribution >= 4 is 26.7 Å². The fourth-order valence-electron chi connectivity index (χ4n) is 7.01. The first-order chi connectivity index (χ1) is 23.7. The highest BCUT2D eigenvalue weighted by molar-refractivity contribution is 7.91. The fraction of sp³-hybridized carbons (Fsp3) is 0.395. The van der Waals surface area contributed by atoms with E-state index in [0.717, 1.165) is 11.1 Å². The molecule has 0 amide bonds. The van der Waals surface area contributed by atoms with Crippen molar-refractivity contribution in [1.29, 1.82) is 0 Å². The van der Waals surface area contributed by atoms with Crippen LogP contribution in [0, 0.1) is 17.0 Å². The summed E-state index contributed by atoms with van der Waals surface area (Å²) in [5.41, 5.74) is 1.59. The number of halogens is 2. The molecule has 50 heavy (non-hydrogen) atoms. The normalized spacial score (nSPS) is 19.2. The molecule has 0 saturated carbocycles. The third-order valence-electron chi connectivity index (χ3n) is 9.74. The van der Waals surface area contributed by atoms with Gasteiger partial charge in [-0.3, -0.25) is 4.79 Å². The molecule has 1 atom stereocenters. The number of nitrogens with zero attached hydrogens (tertiary/aromatic N) is 3. The molecule has 5 aromatic rings. The first kappa shape index (κ1) is 35.3. The van der Waals surface area contributed by atoms with E-state index in [9.17, 15) is 13.2 Å². The van der Waals surface area contributed by atoms with E-state index in [4.69, 9.17) is 19.6 Å². The summed E-state index contributed by atoms with van der Waals surface area (Å²) in [4.78, 5) is 19.8. The van der Waals surface area contributed by atoms with Gasteiger partial charge in [-0.25, -0.2) is 26.9 Å². The molecule has 0 radical (unpaired) electrons. The van der Waals surface area contributed by atoms with Crippen LogP contribution in [0.3, 0.4) is 0 Å². The van der Waals surface area contributed by atoms with Crippen molar-refractivity contribution in [2.45, 2.75) is 64.7 Å². The average Bonchev–Trinajstić information content (AvgIpc) is 3.69. The number of aromatic amines is 1. The van der Waals surface area contributed by atoms with E-state index in [1.807, 2.05) is 45.0 Å². The zero-order valence-electron chi connectivity index (χ0n) is 29.0. The predicted octanol–water partition coefficient (Wildman–Crippen LogP) is 7.61. The number of aromatic nitrogens is 4. The van der Waals surface area contributed by atoms with Gasteiger partial charge >= 0.3 is 5.97 Å². The summed E-state index contributed by atoms with van der Waals surface area (Å²) in [6, 6.07) is 15.1. The van der Waals surface area contributed by atoms with Crippen molar-refractivity contribution in [1.82, 2.24) is 19.7 Å². The molecule has 0 saturated heterocycles. The van der Waals surface area contributed by atoms with Gasteiger partial charge in [-0.2, -0.15) is 5.10 Å². The lowest BCUT2D eigenvalue weighted by molar-refractivity contribution is -0.140. The topological polar surface area (TPSA) is 116 Å². The summed E-state index contributed by atoms with van der Waals surface area (Å²) in [5.74, 6) is -0.990. The van der Waals surface area contributed by atoms with Gasteiger partial charge in [0.15, 0.2) is 33.1 Å². The number of nitrogens with one attached hydrogen (secondary N) is 1. The molecule has 4 bridgehead atoms. The van der Waals surface area contributed by atoms with Crippen molar-refractivity contribution in [3.05, 3.63) is 94.9 Å². The number of methoxy groups -OCH3 is 1. The lowest BCUT2D eigenvalue weighted by Gasteiger charge is -2.30. The molecule has 12 heteroatoms. The molecule has 2 aromatic heterocycles. The maximum Gasteiger partial charge on any atom is 0.305 e. The monoisotopic (exact) mass is 704 g/mol. The Bertz CT molecular complexity index is 2170. The lowest BCUT2D eigenvalue weighted by atomic mass is 9.75. The largest absolute Gasteiger partial charge is 0.469 e. The molecule has 0 aliphatic carbocycles. The second kappa shape index (κ2) is 13.6. The summed E-state index contributed by atoms with van der Waals surface area (Å²) >= 11 is 0. The number of carbonyl (C=O) groups is 1. The van der Waals surface area contributed by atoms with Crippen LogP contribution in [0.15, 0.2) is 60.8 Å². The number of rotatable bonds is 4. The number of hydrogen-bond acceptors (Lipinski definition) is 7. The SMILES string of the molecule is COC(=O)CCc1cccc(C2(C)CCCC(C)(C)CS(=O)(=O)CCc3c(c(F)cc4[nH]ccc34)Oc3ccc(F)c(c3)-c3nc2nn3C)c1. The van der Waals surface area contributed by atoms with Gasteiger partial charge in [0.25, 0.3) is 0 Å². The van der Waals surface area contributed by atoms with Gasteiger partial charge in [-0.15, -0.1) is 0 Å². The van der Waals surface area contributed by atoms with Crippen LogP contribution in [0.2, 0.25) is 0 Å². The Kier molecular flexibility index (Phi) is 9.60. The van der Waals surface area contributed by atoms with Crippen LogP contribution in [-0.4, -0.2) is 52.8 Å². The summed E-state index contributed by atoms with van der Waals surface area (Å²) in [7, 11) is -0.524. The minimum Gasteiger partial charge on any atom is -0.469 e. The Labute approximate surface area is 290 Å². The zero-order valence-corrected chi connectivity index (χ0v) is 29.8. The highest BCUT2D eigenvalue weighted by atomic mass is 32.2. The molecule has 6 rings (SSSR count). The maximum absolute atomic E-state index is 15.7. The first-order valence-corrected chi connectivity index (χ1v) is 18.5. The zero-order chi connectivity index (χ0) is 35.8. The number of ether oxygens (including phenoxy) is 2. The Morgan fingerprint density at radius 3 is 2.64 bits per heavy atom. The highest BCUT2D eigenvalue weighted by Gasteiger charge is 2.36. The molecule has 3 aromatic carbocycles. The number of carbonyl (C=O) groups excluding carboxylic acids is 1. The second-order valence-electron chi connectivity index (χ2n) is 14.2. The number of fused-ring (bicyclic) bond motifs is 8. The minimum absolute atomic E-state index is 0.0327. The van der Waals surface area contributed by atoms with Crippen molar-refractivity contribution in [3.8, 4) is 22.9 Å². The van der Waals surface area contributed by atoms with Crippen LogP contribution in [0.4, 0.5) is 8.78 Å². The standard InChI is InChI=1S/C38H42F2N4O5S/c1-37(2)16-7-17-38(3,25-9-6-8-24(20-25)10-13-33(45)48-5)36-42-35(44(4)43-36)29-21-26(11-12-30(29)39)49-34-28(15-19-50(46,47)23-37)27-14-18-41-32(27)22-31(34)40/h6,8-9,11-12,14,18,20-22,41H,7,10,13,15-17,19,23H2,1-5H3. The van der Waals surface area contributed by atoms with Crippen LogP contribution < -0.4 is 4.74 Å². The number of aryl methyl sites for hydroxylation is 3. The highest BCUT2D eigenvalue weighted by Crippen LogP contribution is 2.41. The summed E-state index contributed by atoms with van der Waals surface area (Å²) < 4.78 is 71.0. The predicted molar refractivity (Wildman–Crippen MR) is 188 cm³/mol. The number of benzene rings is 3. The van der Waals surface area contributed by atoms with E-state index in [0.29, 0.717) is 48.0 Å². The molecular formula is C38H42F2N4O5S. The van der Waals surface area contributed by atoms with Gasteiger partial charge in [0.05, 0.1) is 29.6 Å². The van der Waals surface area contributed by atoms with Gasteiger partial charge in [-0.05, 0) is 73.4 Å². The van der Waals surface area contributed by atoms with Crippen molar-refractivity contribution in [2.75, 3.05) is 18.6 Å². The smallest absolute Gasteiger partial charge is 0.305 e. The molecule has 1 N–H and O–H groups in total. The molecule has 9 nitrogen and oxygen atoms in total. The van der Waals surface area contributed by atoms with Gasteiger partial charge in [0.2, 0.25) is 0 Å². The van der Waals surface area contributed by atoms with Crippen LogP contribution in [0.25, 0.3) is 22.3 Å². The van der Waals surface area contributed by atoms with Crippen LogP contribution in [0.5, 0.6) is 11.5 Å². The van der Waals surface area contributed by atoms with Gasteiger partial charge in [0, 0.05) is 42.2 Å². The third kappa shape index (κ3) is 7.31. The number of esters is 1. The Morgan fingerprint density at radius 2 is 1.86 bits per heavy atom. The van der Waals surface area contributed by atoms with E-state index < -0.39 is 32.3 Å². The molecule has 264 valence electrons. The van der Waals surface area contributed by atoms with Crippen LogP contribution in [0.1, 0.15) is 69.0 Å².